The summed E-state index contributed by atoms with van der Waals surface area (Å²) in [6.07, 6.45) is 0.660. The summed E-state index contributed by atoms with van der Waals surface area (Å²) in [6.45, 7) is 1.85. The van der Waals surface area contributed by atoms with Gasteiger partial charge in [-0.3, -0.25) is 9.59 Å². The van der Waals surface area contributed by atoms with Gasteiger partial charge in [-0.2, -0.15) is 0 Å². The number of carbonyl (C=O) groups excluding carboxylic acids is 2. The molecule has 0 aliphatic heterocycles. The Balaban J connectivity index is 1.95. The third-order valence-corrected chi connectivity index (χ3v) is 6.03. The van der Waals surface area contributed by atoms with Crippen molar-refractivity contribution in [3.8, 4) is 5.75 Å². The number of rotatable bonds is 6. The smallest absolute Gasteiger partial charge is 0.260 e. The minimum absolute atomic E-state index is 0.346. The number of primary amides is 1. The second kappa shape index (κ2) is 8.58. The van der Waals surface area contributed by atoms with Gasteiger partial charge in [0.15, 0.2) is 0 Å². The van der Waals surface area contributed by atoms with Crippen LogP contribution in [0.4, 0.5) is 5.00 Å². The highest BCUT2D eigenvalue weighted by molar-refractivity contribution is 9.10. The summed E-state index contributed by atoms with van der Waals surface area (Å²) in [4.78, 5) is 25.9. The molecule has 0 atom stereocenters. The highest BCUT2D eigenvalue weighted by atomic mass is 79.9. The molecule has 3 rings (SSSR count). The van der Waals surface area contributed by atoms with Gasteiger partial charge in [-0.05, 0) is 36.2 Å². The molecule has 0 bridgehead atoms. The average Bonchev–Trinajstić information content (AvgIpc) is 2.97. The number of amides is 2. The quantitative estimate of drug-likeness (QED) is 0.557. The normalized spacial score (nSPS) is 10.5. The first-order valence-corrected chi connectivity index (χ1v) is 10.1. The van der Waals surface area contributed by atoms with Gasteiger partial charge in [0.1, 0.15) is 10.8 Å². The minimum atomic E-state index is -0.565. The van der Waals surface area contributed by atoms with E-state index < -0.39 is 5.91 Å². The number of anilines is 1. The number of carbonyl (C=O) groups is 2. The van der Waals surface area contributed by atoms with Gasteiger partial charge in [-0.15, -0.1) is 11.3 Å². The Morgan fingerprint density at radius 3 is 2.54 bits per heavy atom. The summed E-state index contributed by atoms with van der Waals surface area (Å²) in [5, 5.41) is 3.28. The molecule has 5 nitrogen and oxygen atoms in total. The Morgan fingerprint density at radius 2 is 1.89 bits per heavy atom. The highest BCUT2D eigenvalue weighted by Gasteiger charge is 2.22. The van der Waals surface area contributed by atoms with Crippen molar-refractivity contribution >= 4 is 44.1 Å². The first kappa shape index (κ1) is 20.1. The molecule has 2 amide bonds. The predicted molar refractivity (Wildman–Crippen MR) is 115 cm³/mol. The lowest BCUT2D eigenvalue weighted by Gasteiger charge is -2.09. The van der Waals surface area contributed by atoms with Gasteiger partial charge in [0.05, 0.1) is 18.2 Å². The standard InChI is InChI=1S/C21H19BrN2O3S/c1-12-17(10-13-6-4-3-5-7-13)28-21(18(12)19(23)25)24-20(26)15-11-14(22)8-9-16(15)27-2/h3-9,11H,10H2,1-2H3,(H2,23,25)(H,24,26). The number of halogens is 1. The minimum Gasteiger partial charge on any atom is -0.496 e. The Kier molecular flexibility index (Phi) is 6.16. The first-order chi connectivity index (χ1) is 13.4. The Labute approximate surface area is 175 Å². The van der Waals surface area contributed by atoms with E-state index in [1.807, 2.05) is 37.3 Å². The molecule has 28 heavy (non-hydrogen) atoms. The van der Waals surface area contributed by atoms with Crippen LogP contribution in [0, 0.1) is 6.92 Å². The van der Waals surface area contributed by atoms with Crippen LogP contribution in [0.3, 0.4) is 0 Å². The molecule has 0 saturated heterocycles. The second-order valence-corrected chi connectivity index (χ2v) is 8.20. The molecule has 1 aromatic heterocycles. The van der Waals surface area contributed by atoms with Crippen molar-refractivity contribution < 1.29 is 14.3 Å². The third kappa shape index (κ3) is 4.26. The summed E-state index contributed by atoms with van der Waals surface area (Å²) in [7, 11) is 1.50. The summed E-state index contributed by atoms with van der Waals surface area (Å²) in [5.41, 5.74) is 8.22. The molecule has 0 aliphatic carbocycles. The molecule has 144 valence electrons. The summed E-state index contributed by atoms with van der Waals surface area (Å²) in [6, 6.07) is 15.1. The molecule has 3 N–H and O–H groups in total. The van der Waals surface area contributed by atoms with E-state index in [2.05, 4.69) is 21.2 Å². The molecule has 3 aromatic rings. The van der Waals surface area contributed by atoms with E-state index in [0.29, 0.717) is 28.3 Å². The van der Waals surface area contributed by atoms with Crippen molar-refractivity contribution in [2.45, 2.75) is 13.3 Å². The number of methoxy groups -OCH3 is 1. The van der Waals surface area contributed by atoms with Crippen molar-refractivity contribution in [1.82, 2.24) is 0 Å². The van der Waals surface area contributed by atoms with Crippen molar-refractivity contribution in [3.63, 3.8) is 0 Å². The maximum absolute atomic E-state index is 12.8. The van der Waals surface area contributed by atoms with Gasteiger partial charge in [0.25, 0.3) is 11.8 Å². The monoisotopic (exact) mass is 458 g/mol. The van der Waals surface area contributed by atoms with E-state index in [0.717, 1.165) is 20.5 Å². The zero-order valence-corrected chi connectivity index (χ0v) is 17.8. The highest BCUT2D eigenvalue weighted by Crippen LogP contribution is 2.35. The lowest BCUT2D eigenvalue weighted by atomic mass is 10.1. The summed E-state index contributed by atoms with van der Waals surface area (Å²) < 4.78 is 6.03. The zero-order chi connectivity index (χ0) is 20.3. The zero-order valence-electron chi connectivity index (χ0n) is 15.4. The molecule has 0 aliphatic rings. The Bertz CT molecular complexity index is 1030. The topological polar surface area (TPSA) is 81.4 Å². The molecule has 0 fully saturated rings. The van der Waals surface area contributed by atoms with Crippen LogP contribution in [-0.2, 0) is 6.42 Å². The number of hydrogen-bond donors (Lipinski definition) is 2. The van der Waals surface area contributed by atoms with Gasteiger partial charge in [0, 0.05) is 15.8 Å². The molecule has 7 heteroatoms. The number of hydrogen-bond acceptors (Lipinski definition) is 4. The van der Waals surface area contributed by atoms with Crippen LogP contribution in [0.25, 0.3) is 0 Å². The van der Waals surface area contributed by atoms with Crippen LogP contribution in [0.15, 0.2) is 53.0 Å². The maximum Gasteiger partial charge on any atom is 0.260 e. The first-order valence-electron chi connectivity index (χ1n) is 8.51. The molecule has 1 heterocycles. The van der Waals surface area contributed by atoms with Gasteiger partial charge in [0.2, 0.25) is 0 Å². The van der Waals surface area contributed by atoms with Crippen molar-refractivity contribution in [3.05, 3.63) is 80.1 Å². The largest absolute Gasteiger partial charge is 0.496 e. The van der Waals surface area contributed by atoms with Crippen LogP contribution in [0.2, 0.25) is 0 Å². The van der Waals surface area contributed by atoms with Crippen LogP contribution >= 0.6 is 27.3 Å². The number of benzene rings is 2. The second-order valence-electron chi connectivity index (χ2n) is 6.18. The summed E-state index contributed by atoms with van der Waals surface area (Å²) >= 11 is 4.73. The fourth-order valence-corrected chi connectivity index (χ4v) is 4.52. The van der Waals surface area contributed by atoms with Crippen LogP contribution < -0.4 is 15.8 Å². The van der Waals surface area contributed by atoms with Crippen molar-refractivity contribution in [1.29, 1.82) is 0 Å². The number of nitrogens with one attached hydrogen (secondary N) is 1. The fourth-order valence-electron chi connectivity index (χ4n) is 2.92. The molecule has 0 radical (unpaired) electrons. The van der Waals surface area contributed by atoms with E-state index in [1.54, 1.807) is 18.2 Å². The van der Waals surface area contributed by atoms with Crippen molar-refractivity contribution in [2.24, 2.45) is 5.73 Å². The lowest BCUT2D eigenvalue weighted by molar-refractivity contribution is 0.100. The fraction of sp³-hybridized carbons (Fsp3) is 0.143. The van der Waals surface area contributed by atoms with Crippen LogP contribution in [0.5, 0.6) is 5.75 Å². The van der Waals surface area contributed by atoms with Gasteiger partial charge < -0.3 is 15.8 Å². The van der Waals surface area contributed by atoms with Crippen LogP contribution in [-0.4, -0.2) is 18.9 Å². The summed E-state index contributed by atoms with van der Waals surface area (Å²) in [5.74, 6) is -0.489. The van der Waals surface area contributed by atoms with E-state index in [9.17, 15) is 9.59 Å². The van der Waals surface area contributed by atoms with E-state index >= 15 is 0 Å². The molecular formula is C21H19BrN2O3S. The SMILES string of the molecule is COc1ccc(Br)cc1C(=O)Nc1sc(Cc2ccccc2)c(C)c1C(N)=O. The molecular weight excluding hydrogens is 440 g/mol. The number of thiophene rings is 1. The lowest BCUT2D eigenvalue weighted by Crippen LogP contribution is -2.18. The van der Waals surface area contributed by atoms with Crippen molar-refractivity contribution in [2.75, 3.05) is 12.4 Å². The van der Waals surface area contributed by atoms with Gasteiger partial charge in [-0.1, -0.05) is 46.3 Å². The van der Waals surface area contributed by atoms with E-state index in [1.165, 1.54) is 18.4 Å². The van der Waals surface area contributed by atoms with Gasteiger partial charge in [-0.25, -0.2) is 0 Å². The maximum atomic E-state index is 12.8. The van der Waals surface area contributed by atoms with E-state index in [-0.39, 0.29) is 5.91 Å². The van der Waals surface area contributed by atoms with Crippen LogP contribution in [0.1, 0.15) is 36.7 Å². The van der Waals surface area contributed by atoms with E-state index in [4.69, 9.17) is 10.5 Å². The predicted octanol–water partition coefficient (Wildman–Crippen LogP) is 4.77. The molecule has 2 aromatic carbocycles. The molecule has 0 unspecified atom stereocenters. The molecule has 0 saturated carbocycles. The third-order valence-electron chi connectivity index (χ3n) is 4.33. The van der Waals surface area contributed by atoms with Gasteiger partial charge >= 0.3 is 0 Å². The average molecular weight is 459 g/mol. The number of ether oxygens (including phenoxy) is 1. The molecule has 0 spiro atoms. The number of nitrogens with two attached hydrogens (primary N) is 1. The Morgan fingerprint density at radius 1 is 1.18 bits per heavy atom. The Hall–Kier alpha value is -2.64.